The summed E-state index contributed by atoms with van der Waals surface area (Å²) < 4.78 is 27.8. The average molecular weight is 384 g/mol. The Labute approximate surface area is 159 Å². The van der Waals surface area contributed by atoms with Crippen LogP contribution in [0.1, 0.15) is 35.8 Å². The van der Waals surface area contributed by atoms with Crippen LogP contribution < -0.4 is 11.0 Å². The van der Waals surface area contributed by atoms with Gasteiger partial charge in [0.15, 0.2) is 5.69 Å². The number of fused-ring (bicyclic) bond motifs is 1. The molecule has 2 aromatic carbocycles. The minimum atomic E-state index is -0.797. The van der Waals surface area contributed by atoms with Gasteiger partial charge in [0.05, 0.1) is 11.6 Å². The Hall–Kier alpha value is -3.42. The fraction of sp³-hybridized carbons (Fsp3) is 0.200. The van der Waals surface area contributed by atoms with E-state index in [2.05, 4.69) is 15.6 Å². The van der Waals surface area contributed by atoms with Crippen LogP contribution in [-0.4, -0.2) is 21.9 Å². The first kappa shape index (κ1) is 19.3. The van der Waals surface area contributed by atoms with Crippen molar-refractivity contribution >= 4 is 22.9 Å². The molecule has 0 saturated carbocycles. The van der Waals surface area contributed by atoms with Crippen LogP contribution in [0.15, 0.2) is 52.4 Å². The summed E-state index contributed by atoms with van der Waals surface area (Å²) in [7, 11) is 0. The Morgan fingerprint density at radius 1 is 1.21 bits per heavy atom. The summed E-state index contributed by atoms with van der Waals surface area (Å²) in [5.41, 5.74) is 2.08. The number of aromatic nitrogens is 2. The fourth-order valence-electron chi connectivity index (χ4n) is 2.68. The lowest BCUT2D eigenvalue weighted by Gasteiger charge is -2.09. The summed E-state index contributed by atoms with van der Waals surface area (Å²) in [5.74, 6) is -2.14. The molecule has 0 aliphatic heterocycles. The van der Waals surface area contributed by atoms with E-state index in [4.69, 9.17) is 0 Å². The molecule has 1 amide bonds. The molecule has 0 aliphatic carbocycles. The number of hydrazone groups is 1. The summed E-state index contributed by atoms with van der Waals surface area (Å²) >= 11 is 0. The number of unbranched alkanes of at least 4 members (excludes halogenated alkanes) is 1. The number of hydrogen-bond acceptors (Lipinski definition) is 4. The first-order chi connectivity index (χ1) is 13.5. The molecule has 0 bridgehead atoms. The molecular formula is C20H18F2N4O2. The molecule has 0 atom stereocenters. The molecule has 1 heterocycles. The number of aryl methyl sites for hydroxylation is 1. The summed E-state index contributed by atoms with van der Waals surface area (Å²) in [5, 5.41) is 8.69. The highest BCUT2D eigenvalue weighted by Crippen LogP contribution is 2.13. The maximum Gasteiger partial charge on any atom is 0.292 e. The van der Waals surface area contributed by atoms with Crippen LogP contribution in [0.4, 0.5) is 8.78 Å². The van der Waals surface area contributed by atoms with Crippen LogP contribution in [0.25, 0.3) is 10.8 Å². The maximum absolute atomic E-state index is 13.6. The summed E-state index contributed by atoms with van der Waals surface area (Å²) in [6.45, 7) is 2.38. The number of nitrogens with zero attached hydrogens (tertiary/aromatic N) is 3. The third-order valence-corrected chi connectivity index (χ3v) is 4.14. The highest BCUT2D eigenvalue weighted by molar-refractivity contribution is 6.04. The molecule has 0 saturated heterocycles. The third kappa shape index (κ3) is 4.11. The van der Waals surface area contributed by atoms with Gasteiger partial charge in [-0.2, -0.15) is 10.2 Å². The van der Waals surface area contributed by atoms with E-state index in [0.29, 0.717) is 17.3 Å². The zero-order chi connectivity index (χ0) is 20.1. The summed E-state index contributed by atoms with van der Waals surface area (Å²) in [6, 6.07) is 9.70. The molecule has 0 radical (unpaired) electrons. The lowest BCUT2D eigenvalue weighted by Crippen LogP contribution is -2.29. The number of amides is 1. The standard InChI is InChI=1S/C20H18F2N4O2/c1-2-3-10-26-20(28)16-7-5-4-6-15(16)18(25-26)19(27)24-23-12-13-8-9-14(21)11-17(13)22/h4-9,11-12H,2-3,10H2,1H3,(H,24,27)/b23-12+. The fourth-order valence-corrected chi connectivity index (χ4v) is 2.68. The molecule has 1 N–H and O–H groups in total. The second-order valence-corrected chi connectivity index (χ2v) is 6.14. The van der Waals surface area contributed by atoms with Crippen LogP contribution in [0, 0.1) is 11.6 Å². The van der Waals surface area contributed by atoms with Gasteiger partial charge < -0.3 is 0 Å². The van der Waals surface area contributed by atoms with Crippen LogP contribution >= 0.6 is 0 Å². The topological polar surface area (TPSA) is 76.3 Å². The van der Waals surface area contributed by atoms with E-state index in [-0.39, 0.29) is 16.8 Å². The van der Waals surface area contributed by atoms with Crippen molar-refractivity contribution in [3.8, 4) is 0 Å². The minimum Gasteiger partial charge on any atom is -0.267 e. The number of carbonyl (C=O) groups is 1. The molecule has 8 heteroatoms. The van der Waals surface area contributed by atoms with Crippen molar-refractivity contribution in [1.82, 2.24) is 15.2 Å². The van der Waals surface area contributed by atoms with Crippen LogP contribution in [0.2, 0.25) is 0 Å². The zero-order valence-electron chi connectivity index (χ0n) is 15.2. The average Bonchev–Trinajstić information content (AvgIpc) is 2.69. The highest BCUT2D eigenvalue weighted by atomic mass is 19.1. The Bertz CT molecular complexity index is 1110. The predicted molar refractivity (Wildman–Crippen MR) is 102 cm³/mol. The van der Waals surface area contributed by atoms with Crippen molar-refractivity contribution in [2.24, 2.45) is 5.10 Å². The van der Waals surface area contributed by atoms with Crippen molar-refractivity contribution in [2.45, 2.75) is 26.3 Å². The van der Waals surface area contributed by atoms with Gasteiger partial charge >= 0.3 is 0 Å². The Morgan fingerprint density at radius 3 is 2.68 bits per heavy atom. The summed E-state index contributed by atoms with van der Waals surface area (Å²) in [6.07, 6.45) is 2.69. The quantitative estimate of drug-likeness (QED) is 0.524. The number of halogens is 2. The molecular weight excluding hydrogens is 366 g/mol. The van der Waals surface area contributed by atoms with E-state index < -0.39 is 17.5 Å². The van der Waals surface area contributed by atoms with Gasteiger partial charge in [-0.15, -0.1) is 0 Å². The van der Waals surface area contributed by atoms with Gasteiger partial charge in [0, 0.05) is 23.6 Å². The second-order valence-electron chi connectivity index (χ2n) is 6.14. The maximum atomic E-state index is 13.6. The van der Waals surface area contributed by atoms with Gasteiger partial charge in [-0.1, -0.05) is 31.5 Å². The third-order valence-electron chi connectivity index (χ3n) is 4.14. The zero-order valence-corrected chi connectivity index (χ0v) is 15.2. The van der Waals surface area contributed by atoms with E-state index in [1.165, 1.54) is 10.7 Å². The molecule has 1 aromatic heterocycles. The van der Waals surface area contributed by atoms with Crippen LogP contribution in [-0.2, 0) is 6.54 Å². The van der Waals surface area contributed by atoms with Gasteiger partial charge in [-0.25, -0.2) is 18.9 Å². The molecule has 0 unspecified atom stereocenters. The van der Waals surface area contributed by atoms with Crippen molar-refractivity contribution in [2.75, 3.05) is 0 Å². The smallest absolute Gasteiger partial charge is 0.267 e. The largest absolute Gasteiger partial charge is 0.292 e. The van der Waals surface area contributed by atoms with Crippen LogP contribution in [0.3, 0.4) is 0 Å². The number of rotatable bonds is 6. The molecule has 0 spiro atoms. The van der Waals surface area contributed by atoms with E-state index in [9.17, 15) is 18.4 Å². The number of benzene rings is 2. The van der Waals surface area contributed by atoms with Crippen molar-refractivity contribution in [3.05, 3.63) is 75.7 Å². The normalized spacial score (nSPS) is 11.2. The van der Waals surface area contributed by atoms with E-state index in [0.717, 1.165) is 31.2 Å². The summed E-state index contributed by atoms with van der Waals surface area (Å²) in [4.78, 5) is 25.1. The Morgan fingerprint density at radius 2 is 1.96 bits per heavy atom. The van der Waals surface area contributed by atoms with Crippen molar-refractivity contribution in [1.29, 1.82) is 0 Å². The monoisotopic (exact) mass is 384 g/mol. The van der Waals surface area contributed by atoms with Crippen molar-refractivity contribution < 1.29 is 13.6 Å². The molecule has 0 aliphatic rings. The lowest BCUT2D eigenvalue weighted by atomic mass is 10.1. The molecule has 6 nitrogen and oxygen atoms in total. The molecule has 3 rings (SSSR count). The van der Waals surface area contributed by atoms with Gasteiger partial charge in [-0.05, 0) is 24.6 Å². The van der Waals surface area contributed by atoms with Crippen molar-refractivity contribution in [3.63, 3.8) is 0 Å². The Balaban J connectivity index is 1.91. The predicted octanol–water partition coefficient (Wildman–Crippen LogP) is 3.24. The van der Waals surface area contributed by atoms with Gasteiger partial charge in [0.1, 0.15) is 11.6 Å². The molecule has 0 fully saturated rings. The lowest BCUT2D eigenvalue weighted by molar-refractivity contribution is 0.0949. The molecule has 3 aromatic rings. The number of carbonyl (C=O) groups excluding carboxylic acids is 1. The minimum absolute atomic E-state index is 0.0208. The highest BCUT2D eigenvalue weighted by Gasteiger charge is 2.16. The molecule has 144 valence electrons. The van der Waals surface area contributed by atoms with Gasteiger partial charge in [-0.3, -0.25) is 9.59 Å². The second kappa shape index (κ2) is 8.51. The first-order valence-corrected chi connectivity index (χ1v) is 8.79. The van der Waals surface area contributed by atoms with E-state index in [1.54, 1.807) is 24.3 Å². The number of hydrogen-bond donors (Lipinski definition) is 1. The van der Waals surface area contributed by atoms with Gasteiger partial charge in [0.25, 0.3) is 11.5 Å². The van der Waals surface area contributed by atoms with E-state index >= 15 is 0 Å². The SMILES string of the molecule is CCCCn1nc(C(=O)N/N=C/c2ccc(F)cc2F)c2ccccc2c1=O. The Kier molecular flexibility index (Phi) is 5.88. The van der Waals surface area contributed by atoms with Gasteiger partial charge in [0.2, 0.25) is 0 Å². The van der Waals surface area contributed by atoms with E-state index in [1.807, 2.05) is 6.92 Å². The first-order valence-electron chi connectivity index (χ1n) is 8.79. The van der Waals surface area contributed by atoms with Crippen LogP contribution in [0.5, 0.6) is 0 Å². The molecule has 28 heavy (non-hydrogen) atoms. The number of nitrogens with one attached hydrogen (secondary N) is 1.